The molecule has 0 radical (unpaired) electrons. The fraction of sp³-hybridized carbons (Fsp3) is 0.400. The molecule has 0 saturated heterocycles. The van der Waals surface area contributed by atoms with Crippen molar-refractivity contribution in [3.63, 3.8) is 0 Å². The average Bonchev–Trinajstić information content (AvgIpc) is 2.18. The largest absolute Gasteiger partial charge is 0.492 e. The van der Waals surface area contributed by atoms with Gasteiger partial charge in [0.25, 0.3) is 0 Å². The van der Waals surface area contributed by atoms with Crippen LogP contribution in [0.25, 0.3) is 0 Å². The summed E-state index contributed by atoms with van der Waals surface area (Å²) in [4.78, 5) is 0. The molecule has 0 spiro atoms. The lowest BCUT2D eigenvalue weighted by Crippen LogP contribution is -2.13. The number of para-hydroxylation sites is 1. The molecule has 0 atom stereocenters. The van der Waals surface area contributed by atoms with Crippen LogP contribution in [0.4, 0.5) is 13.2 Å². The highest BCUT2D eigenvalue weighted by molar-refractivity contribution is 9.10. The Morgan fingerprint density at radius 3 is 2.56 bits per heavy atom. The zero-order valence-corrected chi connectivity index (χ0v) is 10.5. The van der Waals surface area contributed by atoms with Crippen LogP contribution >= 0.6 is 27.5 Å². The van der Waals surface area contributed by atoms with E-state index in [2.05, 4.69) is 15.9 Å². The second-order valence-corrected chi connectivity index (χ2v) is 4.20. The van der Waals surface area contributed by atoms with Crippen molar-refractivity contribution in [2.24, 2.45) is 0 Å². The number of alkyl halides is 4. The van der Waals surface area contributed by atoms with Crippen LogP contribution in [0.1, 0.15) is 12.0 Å². The summed E-state index contributed by atoms with van der Waals surface area (Å²) >= 11 is 8.85. The Kier molecular flexibility index (Phi) is 4.92. The molecule has 0 aliphatic carbocycles. The average molecular weight is 318 g/mol. The summed E-state index contributed by atoms with van der Waals surface area (Å²) < 4.78 is 41.5. The zero-order chi connectivity index (χ0) is 12.2. The van der Waals surface area contributed by atoms with Crippen LogP contribution in [0, 0.1) is 0 Å². The van der Waals surface area contributed by atoms with Crippen LogP contribution < -0.4 is 4.74 Å². The minimum absolute atomic E-state index is 0.195. The van der Waals surface area contributed by atoms with Crippen molar-refractivity contribution in [2.75, 3.05) is 6.61 Å². The van der Waals surface area contributed by atoms with E-state index in [4.69, 9.17) is 16.3 Å². The molecule has 0 amide bonds. The van der Waals surface area contributed by atoms with E-state index in [1.807, 2.05) is 0 Å². The van der Waals surface area contributed by atoms with Gasteiger partial charge in [-0.3, -0.25) is 0 Å². The predicted octanol–water partition coefficient (Wildman–Crippen LogP) is 4.52. The minimum Gasteiger partial charge on any atom is -0.492 e. The fourth-order valence-electron chi connectivity index (χ4n) is 1.09. The molecule has 0 aliphatic heterocycles. The summed E-state index contributed by atoms with van der Waals surface area (Å²) in [5.74, 6) is 0.572. The molecule has 0 bridgehead atoms. The van der Waals surface area contributed by atoms with Gasteiger partial charge in [0.05, 0.1) is 23.4 Å². The Balaban J connectivity index is 2.66. The Morgan fingerprint density at radius 1 is 1.31 bits per heavy atom. The van der Waals surface area contributed by atoms with Crippen molar-refractivity contribution >= 4 is 27.5 Å². The maximum Gasteiger partial charge on any atom is 0.392 e. The van der Waals surface area contributed by atoms with Crippen molar-refractivity contribution in [1.82, 2.24) is 0 Å². The van der Waals surface area contributed by atoms with Gasteiger partial charge in [-0.15, -0.1) is 11.6 Å². The van der Waals surface area contributed by atoms with Crippen molar-refractivity contribution in [1.29, 1.82) is 0 Å². The second-order valence-electron chi connectivity index (χ2n) is 3.08. The maximum atomic E-state index is 11.9. The number of halogens is 5. The summed E-state index contributed by atoms with van der Waals surface area (Å²) in [6.45, 7) is -0.407. The van der Waals surface area contributed by atoms with Crippen molar-refractivity contribution in [3.8, 4) is 5.75 Å². The maximum absolute atomic E-state index is 11.9. The quantitative estimate of drug-likeness (QED) is 0.742. The molecule has 1 nitrogen and oxygen atoms in total. The molecule has 0 N–H and O–H groups in total. The van der Waals surface area contributed by atoms with Crippen molar-refractivity contribution in [2.45, 2.75) is 18.5 Å². The molecule has 0 heterocycles. The molecule has 0 fully saturated rings. The van der Waals surface area contributed by atoms with Crippen molar-refractivity contribution in [3.05, 3.63) is 28.2 Å². The summed E-state index contributed by atoms with van der Waals surface area (Å²) in [7, 11) is 0. The Morgan fingerprint density at radius 2 is 2.00 bits per heavy atom. The third-order valence-electron chi connectivity index (χ3n) is 1.82. The first kappa shape index (κ1) is 13.6. The van der Waals surface area contributed by atoms with E-state index in [1.165, 1.54) is 0 Å². The Bertz CT molecular complexity index is 354. The smallest absolute Gasteiger partial charge is 0.392 e. The summed E-state index contributed by atoms with van der Waals surface area (Å²) in [5.41, 5.74) is 0.665. The molecule has 0 saturated carbocycles. The second kappa shape index (κ2) is 5.77. The Labute approximate surface area is 105 Å². The number of hydrogen-bond donors (Lipinski definition) is 0. The normalized spacial score (nSPS) is 11.6. The molecular weight excluding hydrogens is 308 g/mol. The number of rotatable bonds is 4. The summed E-state index contributed by atoms with van der Waals surface area (Å²) in [5, 5.41) is 0. The first-order valence-corrected chi connectivity index (χ1v) is 5.79. The number of hydrogen-bond acceptors (Lipinski definition) is 1. The predicted molar refractivity (Wildman–Crippen MR) is 59.9 cm³/mol. The standard InChI is InChI=1S/C10H9BrClF3O/c11-8-3-1-2-7(6-12)9(8)16-5-4-10(13,14)15/h1-3H,4-6H2. The van der Waals surface area contributed by atoms with Gasteiger partial charge in [-0.1, -0.05) is 12.1 Å². The molecular formula is C10H9BrClF3O. The lowest BCUT2D eigenvalue weighted by molar-refractivity contribution is -0.139. The van der Waals surface area contributed by atoms with E-state index in [-0.39, 0.29) is 5.88 Å². The van der Waals surface area contributed by atoms with E-state index < -0.39 is 19.2 Å². The van der Waals surface area contributed by atoms with Gasteiger partial charge < -0.3 is 4.74 Å². The van der Waals surface area contributed by atoms with Gasteiger partial charge in [0.1, 0.15) is 5.75 Å². The van der Waals surface area contributed by atoms with E-state index in [9.17, 15) is 13.2 Å². The van der Waals surface area contributed by atoms with Gasteiger partial charge in [-0.2, -0.15) is 13.2 Å². The lowest BCUT2D eigenvalue weighted by atomic mass is 10.2. The van der Waals surface area contributed by atoms with Gasteiger partial charge in [0.15, 0.2) is 0 Å². The lowest BCUT2D eigenvalue weighted by Gasteiger charge is -2.12. The zero-order valence-electron chi connectivity index (χ0n) is 8.15. The number of benzene rings is 1. The van der Waals surface area contributed by atoms with Gasteiger partial charge in [-0.05, 0) is 22.0 Å². The van der Waals surface area contributed by atoms with Gasteiger partial charge in [0, 0.05) is 5.56 Å². The molecule has 1 aromatic rings. The molecule has 6 heteroatoms. The molecule has 90 valence electrons. The van der Waals surface area contributed by atoms with Gasteiger partial charge >= 0.3 is 6.18 Å². The monoisotopic (exact) mass is 316 g/mol. The van der Waals surface area contributed by atoms with Crippen LogP contribution in [0.3, 0.4) is 0 Å². The summed E-state index contributed by atoms with van der Waals surface area (Å²) in [6, 6.07) is 5.15. The highest BCUT2D eigenvalue weighted by Crippen LogP contribution is 2.31. The van der Waals surface area contributed by atoms with Crippen LogP contribution in [0.2, 0.25) is 0 Å². The van der Waals surface area contributed by atoms with E-state index in [0.29, 0.717) is 15.8 Å². The third-order valence-corrected chi connectivity index (χ3v) is 2.74. The fourth-order valence-corrected chi connectivity index (χ4v) is 1.82. The van der Waals surface area contributed by atoms with Gasteiger partial charge in [0.2, 0.25) is 0 Å². The highest BCUT2D eigenvalue weighted by Gasteiger charge is 2.27. The SMILES string of the molecule is FC(F)(F)CCOc1c(Br)cccc1CCl. The molecule has 1 aromatic carbocycles. The molecule has 1 rings (SSSR count). The van der Waals surface area contributed by atoms with E-state index >= 15 is 0 Å². The van der Waals surface area contributed by atoms with Crippen LogP contribution in [-0.4, -0.2) is 12.8 Å². The summed E-state index contributed by atoms with van der Waals surface area (Å²) in [6.07, 6.45) is -5.18. The van der Waals surface area contributed by atoms with Crippen LogP contribution in [0.15, 0.2) is 22.7 Å². The van der Waals surface area contributed by atoms with Gasteiger partial charge in [-0.25, -0.2) is 0 Å². The van der Waals surface area contributed by atoms with E-state index in [0.717, 1.165) is 0 Å². The Hall–Kier alpha value is -0.420. The molecule has 0 aromatic heterocycles. The number of ether oxygens (including phenoxy) is 1. The van der Waals surface area contributed by atoms with E-state index in [1.54, 1.807) is 18.2 Å². The van der Waals surface area contributed by atoms with Crippen LogP contribution in [-0.2, 0) is 5.88 Å². The first-order chi connectivity index (χ1) is 7.44. The minimum atomic E-state index is -4.21. The van der Waals surface area contributed by atoms with Crippen molar-refractivity contribution < 1.29 is 17.9 Å². The molecule has 0 aliphatic rings. The molecule has 0 unspecified atom stereocenters. The van der Waals surface area contributed by atoms with Crippen LogP contribution in [0.5, 0.6) is 5.75 Å². The first-order valence-electron chi connectivity index (χ1n) is 4.47. The highest BCUT2D eigenvalue weighted by atomic mass is 79.9. The molecule has 16 heavy (non-hydrogen) atoms. The topological polar surface area (TPSA) is 9.23 Å². The third kappa shape index (κ3) is 4.22.